The van der Waals surface area contributed by atoms with E-state index in [-0.39, 0.29) is 0 Å². The van der Waals surface area contributed by atoms with Crippen LogP contribution in [0.1, 0.15) is 22.9 Å². The predicted octanol–water partition coefficient (Wildman–Crippen LogP) is 4.36. The van der Waals surface area contributed by atoms with Crippen LogP contribution in [0.5, 0.6) is 5.75 Å². The highest BCUT2D eigenvalue weighted by Crippen LogP contribution is 2.32. The summed E-state index contributed by atoms with van der Waals surface area (Å²) < 4.78 is 12.6. The quantitative estimate of drug-likeness (QED) is 0.689. The lowest BCUT2D eigenvalue weighted by atomic mass is 10.1. The van der Waals surface area contributed by atoms with Gasteiger partial charge in [-0.3, -0.25) is 0 Å². The van der Waals surface area contributed by atoms with Gasteiger partial charge in [0.1, 0.15) is 12.4 Å². The molecule has 0 aliphatic carbocycles. The molecule has 0 spiro atoms. The first-order valence-electron chi connectivity index (χ1n) is 7.27. The van der Waals surface area contributed by atoms with Crippen LogP contribution in [0.3, 0.4) is 0 Å². The van der Waals surface area contributed by atoms with E-state index in [0.717, 1.165) is 26.9 Å². The average Bonchev–Trinajstić information content (AvgIpc) is 3.03. The molecule has 1 aliphatic rings. The minimum Gasteiger partial charge on any atom is -0.488 e. The molecule has 0 amide bonds. The Hall–Kier alpha value is -2.40. The second-order valence-corrected chi connectivity index (χ2v) is 6.22. The molecule has 1 aromatic heterocycles. The molecule has 4 rings (SSSR count). The standard InChI is InChI=1S/C18H13BrN2O2/c19-15-6-7-16-13(10-15)9-14(11-22-16)18-21-20-17(23-18)8-12-4-2-1-3-5-12/h1-7,9-10H,8,11H2. The van der Waals surface area contributed by atoms with E-state index in [1.807, 2.05) is 54.6 Å². The third kappa shape index (κ3) is 3.05. The second kappa shape index (κ2) is 6.01. The van der Waals surface area contributed by atoms with E-state index < -0.39 is 0 Å². The van der Waals surface area contributed by atoms with E-state index in [4.69, 9.17) is 9.15 Å². The molecule has 23 heavy (non-hydrogen) atoms. The highest BCUT2D eigenvalue weighted by Gasteiger charge is 2.18. The van der Waals surface area contributed by atoms with Crippen LogP contribution in [0.4, 0.5) is 0 Å². The van der Waals surface area contributed by atoms with Gasteiger partial charge in [-0.2, -0.15) is 0 Å². The molecule has 3 aromatic rings. The SMILES string of the molecule is Brc1ccc2c(c1)C=C(c1nnc(Cc3ccccc3)o1)CO2. The van der Waals surface area contributed by atoms with E-state index in [0.29, 0.717) is 24.8 Å². The third-order valence-electron chi connectivity index (χ3n) is 3.62. The number of benzene rings is 2. The summed E-state index contributed by atoms with van der Waals surface area (Å²) in [4.78, 5) is 0. The average molecular weight is 369 g/mol. The van der Waals surface area contributed by atoms with Gasteiger partial charge in [-0.05, 0) is 29.8 Å². The molecule has 5 heteroatoms. The maximum absolute atomic E-state index is 5.79. The number of aromatic nitrogens is 2. The maximum atomic E-state index is 5.79. The summed E-state index contributed by atoms with van der Waals surface area (Å²) in [5.41, 5.74) is 3.04. The molecule has 4 nitrogen and oxygen atoms in total. The van der Waals surface area contributed by atoms with Gasteiger partial charge in [0.05, 0.1) is 12.0 Å². The molecule has 0 unspecified atom stereocenters. The molecular weight excluding hydrogens is 356 g/mol. The van der Waals surface area contributed by atoms with Gasteiger partial charge in [-0.15, -0.1) is 10.2 Å². The van der Waals surface area contributed by atoms with Crippen LogP contribution in [0.2, 0.25) is 0 Å². The van der Waals surface area contributed by atoms with E-state index in [1.165, 1.54) is 0 Å². The number of hydrogen-bond donors (Lipinski definition) is 0. The molecule has 0 fully saturated rings. The van der Waals surface area contributed by atoms with E-state index in [2.05, 4.69) is 26.1 Å². The van der Waals surface area contributed by atoms with Crippen molar-refractivity contribution in [1.29, 1.82) is 0 Å². The van der Waals surface area contributed by atoms with Crippen LogP contribution in [-0.4, -0.2) is 16.8 Å². The van der Waals surface area contributed by atoms with Crippen molar-refractivity contribution in [1.82, 2.24) is 10.2 Å². The van der Waals surface area contributed by atoms with Crippen molar-refractivity contribution in [2.75, 3.05) is 6.61 Å². The Morgan fingerprint density at radius 3 is 2.78 bits per heavy atom. The lowest BCUT2D eigenvalue weighted by Crippen LogP contribution is -2.06. The first-order chi connectivity index (χ1) is 11.3. The zero-order valence-electron chi connectivity index (χ0n) is 12.2. The largest absolute Gasteiger partial charge is 0.488 e. The summed E-state index contributed by atoms with van der Waals surface area (Å²) in [6, 6.07) is 16.0. The molecule has 0 radical (unpaired) electrons. The Kier molecular flexibility index (Phi) is 3.71. The monoisotopic (exact) mass is 368 g/mol. The Morgan fingerprint density at radius 2 is 1.91 bits per heavy atom. The lowest BCUT2D eigenvalue weighted by molar-refractivity contribution is 0.359. The zero-order chi connectivity index (χ0) is 15.6. The molecule has 0 saturated heterocycles. The summed E-state index contributed by atoms with van der Waals surface area (Å²) >= 11 is 3.47. The van der Waals surface area contributed by atoms with Gasteiger partial charge in [0, 0.05) is 10.0 Å². The van der Waals surface area contributed by atoms with Crippen molar-refractivity contribution in [2.45, 2.75) is 6.42 Å². The minimum atomic E-state index is 0.432. The van der Waals surface area contributed by atoms with Gasteiger partial charge < -0.3 is 9.15 Å². The van der Waals surface area contributed by atoms with E-state index >= 15 is 0 Å². The van der Waals surface area contributed by atoms with Gasteiger partial charge in [-0.25, -0.2) is 0 Å². The fraction of sp³-hybridized carbons (Fsp3) is 0.111. The molecule has 2 aromatic carbocycles. The van der Waals surface area contributed by atoms with Crippen molar-refractivity contribution in [2.24, 2.45) is 0 Å². The number of hydrogen-bond acceptors (Lipinski definition) is 4. The molecular formula is C18H13BrN2O2. The van der Waals surface area contributed by atoms with Crippen LogP contribution in [-0.2, 0) is 6.42 Å². The van der Waals surface area contributed by atoms with Gasteiger partial charge in [-0.1, -0.05) is 46.3 Å². The van der Waals surface area contributed by atoms with Gasteiger partial charge in [0.15, 0.2) is 0 Å². The summed E-state index contributed by atoms with van der Waals surface area (Å²) in [5.74, 6) is 1.98. The van der Waals surface area contributed by atoms with E-state index in [1.54, 1.807) is 0 Å². The number of rotatable bonds is 3. The molecule has 114 valence electrons. The van der Waals surface area contributed by atoms with E-state index in [9.17, 15) is 0 Å². The van der Waals surface area contributed by atoms with Crippen molar-refractivity contribution in [3.05, 3.63) is 75.9 Å². The predicted molar refractivity (Wildman–Crippen MR) is 91.1 cm³/mol. The number of fused-ring (bicyclic) bond motifs is 1. The molecule has 1 aliphatic heterocycles. The van der Waals surface area contributed by atoms with Crippen LogP contribution in [0.15, 0.2) is 57.4 Å². The van der Waals surface area contributed by atoms with Crippen molar-refractivity contribution >= 4 is 27.6 Å². The molecule has 0 saturated carbocycles. The molecule has 0 N–H and O–H groups in total. The third-order valence-corrected chi connectivity index (χ3v) is 4.12. The summed E-state index contributed by atoms with van der Waals surface area (Å²) in [5, 5.41) is 8.29. The summed E-state index contributed by atoms with van der Waals surface area (Å²) in [7, 11) is 0. The highest BCUT2D eigenvalue weighted by molar-refractivity contribution is 9.10. The van der Waals surface area contributed by atoms with Crippen molar-refractivity contribution < 1.29 is 9.15 Å². The van der Waals surface area contributed by atoms with Crippen molar-refractivity contribution in [3.63, 3.8) is 0 Å². The lowest BCUT2D eigenvalue weighted by Gasteiger charge is -2.16. The fourth-order valence-corrected chi connectivity index (χ4v) is 2.88. The number of ether oxygens (including phenoxy) is 1. The first kappa shape index (κ1) is 14.2. The smallest absolute Gasteiger partial charge is 0.247 e. The number of nitrogens with zero attached hydrogens (tertiary/aromatic N) is 2. The van der Waals surface area contributed by atoms with Crippen LogP contribution < -0.4 is 4.74 Å². The van der Waals surface area contributed by atoms with Crippen LogP contribution in [0, 0.1) is 0 Å². The zero-order valence-corrected chi connectivity index (χ0v) is 13.8. The Balaban J connectivity index is 1.60. The Labute approximate surface area is 141 Å². The Bertz CT molecular complexity index is 872. The first-order valence-corrected chi connectivity index (χ1v) is 8.07. The molecule has 0 bridgehead atoms. The normalized spacial score (nSPS) is 13.2. The maximum Gasteiger partial charge on any atom is 0.247 e. The Morgan fingerprint density at radius 1 is 1.04 bits per heavy atom. The summed E-state index contributed by atoms with van der Waals surface area (Å²) in [6.45, 7) is 0.432. The van der Waals surface area contributed by atoms with Gasteiger partial charge in [0.25, 0.3) is 0 Å². The topological polar surface area (TPSA) is 48.2 Å². The van der Waals surface area contributed by atoms with Crippen LogP contribution in [0.25, 0.3) is 11.6 Å². The van der Waals surface area contributed by atoms with Gasteiger partial charge in [0.2, 0.25) is 11.8 Å². The van der Waals surface area contributed by atoms with Gasteiger partial charge >= 0.3 is 0 Å². The highest BCUT2D eigenvalue weighted by atomic mass is 79.9. The summed E-state index contributed by atoms with van der Waals surface area (Å²) in [6.07, 6.45) is 2.66. The molecule has 0 atom stereocenters. The number of halogens is 1. The fourth-order valence-electron chi connectivity index (χ4n) is 2.50. The molecule has 2 heterocycles. The second-order valence-electron chi connectivity index (χ2n) is 5.30. The van der Waals surface area contributed by atoms with Crippen LogP contribution >= 0.6 is 15.9 Å². The van der Waals surface area contributed by atoms with Crippen molar-refractivity contribution in [3.8, 4) is 5.75 Å². The minimum absolute atomic E-state index is 0.432.